The van der Waals surface area contributed by atoms with Gasteiger partial charge in [-0.15, -0.1) is 0 Å². The second kappa shape index (κ2) is 5.56. The molecular weight excluding hydrogens is 184 g/mol. The minimum absolute atomic E-state index is 0.0403. The van der Waals surface area contributed by atoms with Crippen LogP contribution in [0.2, 0.25) is 0 Å². The third-order valence-corrected chi connectivity index (χ3v) is 1.91. The number of primary amides is 1. The lowest BCUT2D eigenvalue weighted by Gasteiger charge is -2.20. The number of amides is 2. The highest BCUT2D eigenvalue weighted by atomic mass is 16.2. The maximum absolute atomic E-state index is 11.3. The number of nitrogens with two attached hydrogens (primary N) is 2. The molecule has 0 fully saturated rings. The predicted molar refractivity (Wildman–Crippen MR) is 52.7 cm³/mol. The van der Waals surface area contributed by atoms with Crippen molar-refractivity contribution in [2.75, 3.05) is 0 Å². The Balaban J connectivity index is 4.31. The summed E-state index contributed by atoms with van der Waals surface area (Å²) in [4.78, 5) is 22.3. The van der Waals surface area contributed by atoms with E-state index in [9.17, 15) is 9.59 Å². The minimum atomic E-state index is -0.654. The van der Waals surface area contributed by atoms with Crippen LogP contribution >= 0.6 is 0 Å². The van der Waals surface area contributed by atoms with E-state index in [0.29, 0.717) is 0 Å². The standard InChI is InChI=1S/C8H18N4O2/c1-4(2)6(7(9)13)11-8(14)5(3)12-10/h4-6,12H,10H2,1-3H3,(H2,9,13)(H,11,14). The second-order valence-corrected chi connectivity index (χ2v) is 3.52. The summed E-state index contributed by atoms with van der Waals surface area (Å²) in [7, 11) is 0. The van der Waals surface area contributed by atoms with Gasteiger partial charge < -0.3 is 11.1 Å². The van der Waals surface area contributed by atoms with E-state index in [4.69, 9.17) is 11.6 Å². The smallest absolute Gasteiger partial charge is 0.240 e. The summed E-state index contributed by atoms with van der Waals surface area (Å²) in [5.74, 6) is 4.15. The third-order valence-electron chi connectivity index (χ3n) is 1.91. The van der Waals surface area contributed by atoms with E-state index in [1.165, 1.54) is 0 Å². The van der Waals surface area contributed by atoms with Gasteiger partial charge in [0.05, 0.1) is 6.04 Å². The van der Waals surface area contributed by atoms with Gasteiger partial charge >= 0.3 is 0 Å². The summed E-state index contributed by atoms with van der Waals surface area (Å²) in [5.41, 5.74) is 7.41. The van der Waals surface area contributed by atoms with E-state index in [0.717, 1.165) is 0 Å². The first-order valence-corrected chi connectivity index (χ1v) is 4.46. The Morgan fingerprint density at radius 2 is 1.71 bits per heavy atom. The molecule has 6 heteroatoms. The summed E-state index contributed by atoms with van der Waals surface area (Å²) in [6, 6.07) is -1.20. The van der Waals surface area contributed by atoms with Gasteiger partial charge in [-0.3, -0.25) is 15.4 Å². The lowest BCUT2D eigenvalue weighted by Crippen LogP contribution is -2.54. The number of hydrogen-bond donors (Lipinski definition) is 4. The Kier molecular flexibility index (Phi) is 5.11. The molecule has 14 heavy (non-hydrogen) atoms. The molecule has 0 rings (SSSR count). The summed E-state index contributed by atoms with van der Waals surface area (Å²) >= 11 is 0. The number of nitrogens with one attached hydrogen (secondary N) is 2. The average Bonchev–Trinajstić information content (AvgIpc) is 2.11. The summed E-state index contributed by atoms with van der Waals surface area (Å²) in [6.07, 6.45) is 0. The quantitative estimate of drug-likeness (QED) is 0.320. The lowest BCUT2D eigenvalue weighted by molar-refractivity contribution is -0.129. The van der Waals surface area contributed by atoms with Gasteiger partial charge in [-0.2, -0.15) is 0 Å². The Morgan fingerprint density at radius 1 is 1.21 bits per heavy atom. The highest BCUT2D eigenvalue weighted by molar-refractivity contribution is 5.88. The van der Waals surface area contributed by atoms with Crippen LogP contribution in [0.15, 0.2) is 0 Å². The number of carbonyl (C=O) groups is 2. The first-order chi connectivity index (χ1) is 6.40. The molecule has 2 amide bonds. The Bertz CT molecular complexity index is 217. The van der Waals surface area contributed by atoms with Crippen molar-refractivity contribution in [1.82, 2.24) is 10.7 Å². The molecule has 0 bridgehead atoms. The zero-order chi connectivity index (χ0) is 11.3. The SMILES string of the molecule is CC(NN)C(=O)NC(C(N)=O)C(C)C. The van der Waals surface area contributed by atoms with Crippen molar-refractivity contribution < 1.29 is 9.59 Å². The van der Waals surface area contributed by atoms with Crippen LogP contribution in [0.5, 0.6) is 0 Å². The van der Waals surface area contributed by atoms with Gasteiger partial charge in [0.25, 0.3) is 0 Å². The third kappa shape index (κ3) is 3.71. The van der Waals surface area contributed by atoms with Crippen LogP contribution < -0.4 is 22.3 Å². The Labute approximate surface area is 83.4 Å². The molecule has 2 unspecified atom stereocenters. The fraction of sp³-hybridized carbons (Fsp3) is 0.750. The van der Waals surface area contributed by atoms with Crippen molar-refractivity contribution in [3.05, 3.63) is 0 Å². The fourth-order valence-electron chi connectivity index (χ4n) is 0.920. The summed E-state index contributed by atoms with van der Waals surface area (Å²) in [6.45, 7) is 5.19. The van der Waals surface area contributed by atoms with Gasteiger partial charge in [-0.1, -0.05) is 13.8 Å². The van der Waals surface area contributed by atoms with Crippen LogP contribution in [-0.2, 0) is 9.59 Å². The normalized spacial score (nSPS) is 14.9. The predicted octanol–water partition coefficient (Wildman–Crippen LogP) is -1.54. The van der Waals surface area contributed by atoms with Crippen LogP contribution in [0.25, 0.3) is 0 Å². The molecule has 0 heterocycles. The van der Waals surface area contributed by atoms with Crippen LogP contribution in [0.1, 0.15) is 20.8 Å². The highest BCUT2D eigenvalue weighted by Crippen LogP contribution is 2.00. The molecule has 82 valence electrons. The van der Waals surface area contributed by atoms with Crippen LogP contribution in [0.4, 0.5) is 0 Å². The molecule has 0 spiro atoms. The molecule has 0 aliphatic rings. The van der Waals surface area contributed by atoms with E-state index in [1.807, 2.05) is 0 Å². The van der Waals surface area contributed by atoms with Gasteiger partial charge in [0, 0.05) is 0 Å². The molecule has 0 saturated heterocycles. The number of hydrazine groups is 1. The van der Waals surface area contributed by atoms with Crippen LogP contribution in [0.3, 0.4) is 0 Å². The topological polar surface area (TPSA) is 110 Å². The molecule has 0 radical (unpaired) electrons. The molecular formula is C8H18N4O2. The monoisotopic (exact) mass is 202 g/mol. The lowest BCUT2D eigenvalue weighted by atomic mass is 10.0. The van der Waals surface area contributed by atoms with Gasteiger partial charge in [0.15, 0.2) is 0 Å². The number of rotatable bonds is 5. The van der Waals surface area contributed by atoms with Gasteiger partial charge in [0.2, 0.25) is 11.8 Å². The van der Waals surface area contributed by atoms with Gasteiger partial charge in [-0.25, -0.2) is 5.43 Å². The van der Waals surface area contributed by atoms with Gasteiger partial charge in [-0.05, 0) is 12.8 Å². The van der Waals surface area contributed by atoms with Crippen LogP contribution in [0, 0.1) is 5.92 Å². The molecule has 2 atom stereocenters. The molecule has 0 aliphatic heterocycles. The zero-order valence-corrected chi connectivity index (χ0v) is 8.70. The van der Waals surface area contributed by atoms with Gasteiger partial charge in [0.1, 0.15) is 6.04 Å². The van der Waals surface area contributed by atoms with E-state index in [1.54, 1.807) is 20.8 Å². The first kappa shape index (κ1) is 12.9. The maximum Gasteiger partial charge on any atom is 0.240 e. The molecule has 0 aromatic rings. The molecule has 0 aliphatic carbocycles. The second-order valence-electron chi connectivity index (χ2n) is 3.52. The van der Waals surface area contributed by atoms with Crippen molar-refractivity contribution in [3.8, 4) is 0 Å². The minimum Gasteiger partial charge on any atom is -0.368 e. The van der Waals surface area contributed by atoms with E-state index in [2.05, 4.69) is 10.7 Å². The molecule has 0 aromatic heterocycles. The Hall–Kier alpha value is -1.14. The Morgan fingerprint density at radius 3 is 2.00 bits per heavy atom. The number of hydrogen-bond acceptors (Lipinski definition) is 4. The molecule has 6 N–H and O–H groups in total. The van der Waals surface area contributed by atoms with Crippen molar-refractivity contribution in [1.29, 1.82) is 0 Å². The van der Waals surface area contributed by atoms with Crippen molar-refractivity contribution in [2.24, 2.45) is 17.5 Å². The average molecular weight is 202 g/mol. The van der Waals surface area contributed by atoms with E-state index in [-0.39, 0.29) is 11.8 Å². The summed E-state index contributed by atoms with van der Waals surface area (Å²) < 4.78 is 0. The molecule has 0 aromatic carbocycles. The zero-order valence-electron chi connectivity index (χ0n) is 8.70. The van der Waals surface area contributed by atoms with Crippen molar-refractivity contribution >= 4 is 11.8 Å². The summed E-state index contributed by atoms with van der Waals surface area (Å²) in [5, 5.41) is 2.51. The van der Waals surface area contributed by atoms with Crippen molar-refractivity contribution in [3.63, 3.8) is 0 Å². The first-order valence-electron chi connectivity index (χ1n) is 4.46. The fourth-order valence-corrected chi connectivity index (χ4v) is 0.920. The molecule has 0 saturated carbocycles. The molecule has 6 nitrogen and oxygen atoms in total. The van der Waals surface area contributed by atoms with E-state index >= 15 is 0 Å². The largest absolute Gasteiger partial charge is 0.368 e. The highest BCUT2D eigenvalue weighted by Gasteiger charge is 2.23. The van der Waals surface area contributed by atoms with E-state index < -0.39 is 18.0 Å². The maximum atomic E-state index is 11.3. The number of carbonyl (C=O) groups excluding carboxylic acids is 2. The van der Waals surface area contributed by atoms with Crippen molar-refractivity contribution in [2.45, 2.75) is 32.9 Å². The van der Waals surface area contributed by atoms with Crippen LogP contribution in [-0.4, -0.2) is 23.9 Å².